The highest BCUT2D eigenvalue weighted by Crippen LogP contribution is 2.06. The zero-order valence-corrected chi connectivity index (χ0v) is 7.52. The molecule has 0 aromatic heterocycles. The monoisotopic (exact) mass is 150 g/mol. The van der Waals surface area contributed by atoms with Gasteiger partial charge in [0.2, 0.25) is 0 Å². The van der Waals surface area contributed by atoms with Crippen LogP contribution in [0.2, 0.25) is 0 Å². The molecule has 1 rings (SSSR count). The normalized spacial score (nSPS) is 13.0. The molecule has 0 amide bonds. The third-order valence-corrected chi connectivity index (χ3v) is 2.14. The molecule has 1 atom stereocenters. The Bertz CT molecular complexity index is 230. The van der Waals surface area contributed by atoms with E-state index in [0.717, 1.165) is 6.54 Å². The average molecular weight is 150 g/mol. The SMILES string of the molecule is CC[NH+](C)c1ccccc1C. The van der Waals surface area contributed by atoms with Crippen molar-refractivity contribution in [1.29, 1.82) is 0 Å². The summed E-state index contributed by atoms with van der Waals surface area (Å²) in [5.74, 6) is 0. The van der Waals surface area contributed by atoms with Crippen LogP contribution in [0.5, 0.6) is 0 Å². The predicted molar refractivity (Wildman–Crippen MR) is 48.3 cm³/mol. The van der Waals surface area contributed by atoms with E-state index >= 15 is 0 Å². The summed E-state index contributed by atoms with van der Waals surface area (Å²) < 4.78 is 0. The average Bonchev–Trinajstić information content (AvgIpc) is 2.04. The molecular weight excluding hydrogens is 134 g/mol. The zero-order valence-electron chi connectivity index (χ0n) is 7.52. The molecule has 1 aromatic carbocycles. The number of benzene rings is 1. The highest BCUT2D eigenvalue weighted by molar-refractivity contribution is 5.37. The van der Waals surface area contributed by atoms with Crippen molar-refractivity contribution < 1.29 is 4.90 Å². The van der Waals surface area contributed by atoms with Crippen LogP contribution in [0.3, 0.4) is 0 Å². The molecule has 0 saturated heterocycles. The maximum atomic E-state index is 2.20. The van der Waals surface area contributed by atoms with Gasteiger partial charge in [-0.2, -0.15) is 0 Å². The van der Waals surface area contributed by atoms with E-state index in [2.05, 4.69) is 45.2 Å². The highest BCUT2D eigenvalue weighted by Gasteiger charge is 2.04. The molecule has 0 heterocycles. The quantitative estimate of drug-likeness (QED) is 0.645. The van der Waals surface area contributed by atoms with Gasteiger partial charge in [-0.1, -0.05) is 18.2 Å². The lowest BCUT2D eigenvalue weighted by Crippen LogP contribution is -3.03. The van der Waals surface area contributed by atoms with Crippen LogP contribution in [0, 0.1) is 6.92 Å². The Morgan fingerprint density at radius 3 is 2.45 bits per heavy atom. The van der Waals surface area contributed by atoms with Gasteiger partial charge in [0.25, 0.3) is 0 Å². The summed E-state index contributed by atoms with van der Waals surface area (Å²) >= 11 is 0. The first-order valence-corrected chi connectivity index (χ1v) is 4.14. The first-order chi connectivity index (χ1) is 5.25. The molecule has 0 bridgehead atoms. The van der Waals surface area contributed by atoms with Crippen molar-refractivity contribution in [2.24, 2.45) is 0 Å². The molecule has 0 aliphatic carbocycles. The van der Waals surface area contributed by atoms with E-state index in [0.29, 0.717) is 0 Å². The zero-order chi connectivity index (χ0) is 8.27. The minimum absolute atomic E-state index is 1.14. The first-order valence-electron chi connectivity index (χ1n) is 4.14. The Hall–Kier alpha value is -0.820. The summed E-state index contributed by atoms with van der Waals surface area (Å²) in [5, 5.41) is 0. The summed E-state index contributed by atoms with van der Waals surface area (Å²) in [5.41, 5.74) is 2.79. The predicted octanol–water partition coefficient (Wildman–Crippen LogP) is 1.16. The van der Waals surface area contributed by atoms with Gasteiger partial charge in [-0.3, -0.25) is 0 Å². The fourth-order valence-electron chi connectivity index (χ4n) is 1.24. The number of aryl methyl sites for hydroxylation is 1. The number of rotatable bonds is 2. The van der Waals surface area contributed by atoms with Crippen molar-refractivity contribution in [3.63, 3.8) is 0 Å². The van der Waals surface area contributed by atoms with Gasteiger partial charge < -0.3 is 4.90 Å². The number of nitrogens with one attached hydrogen (secondary N) is 1. The fourth-order valence-corrected chi connectivity index (χ4v) is 1.24. The molecule has 0 saturated carbocycles. The molecule has 11 heavy (non-hydrogen) atoms. The van der Waals surface area contributed by atoms with Crippen molar-refractivity contribution in [2.75, 3.05) is 13.6 Å². The minimum atomic E-state index is 1.14. The van der Waals surface area contributed by atoms with E-state index < -0.39 is 0 Å². The summed E-state index contributed by atoms with van der Waals surface area (Å²) in [6.45, 7) is 5.50. The van der Waals surface area contributed by atoms with Crippen LogP contribution in [-0.2, 0) is 0 Å². The number of para-hydroxylation sites is 1. The van der Waals surface area contributed by atoms with Crippen molar-refractivity contribution in [1.82, 2.24) is 0 Å². The van der Waals surface area contributed by atoms with Crippen LogP contribution in [0.4, 0.5) is 5.69 Å². The molecule has 0 aliphatic rings. The summed E-state index contributed by atoms with van der Waals surface area (Å²) in [7, 11) is 2.20. The van der Waals surface area contributed by atoms with Crippen molar-refractivity contribution in [2.45, 2.75) is 13.8 Å². The summed E-state index contributed by atoms with van der Waals surface area (Å²) in [6, 6.07) is 8.53. The lowest BCUT2D eigenvalue weighted by Gasteiger charge is -2.12. The van der Waals surface area contributed by atoms with Crippen LogP contribution in [-0.4, -0.2) is 13.6 Å². The topological polar surface area (TPSA) is 4.44 Å². The van der Waals surface area contributed by atoms with Gasteiger partial charge in [0.1, 0.15) is 5.69 Å². The smallest absolute Gasteiger partial charge is 0.133 e. The second-order valence-electron chi connectivity index (χ2n) is 2.95. The molecular formula is C10H16N+. The number of hydrogen-bond donors (Lipinski definition) is 1. The molecule has 1 heteroatoms. The summed E-state index contributed by atoms with van der Waals surface area (Å²) in [6.07, 6.45) is 0. The lowest BCUT2D eigenvalue weighted by atomic mass is 10.2. The molecule has 1 N–H and O–H groups in total. The third-order valence-electron chi connectivity index (χ3n) is 2.14. The van der Waals surface area contributed by atoms with Gasteiger partial charge in [-0.05, 0) is 19.9 Å². The Morgan fingerprint density at radius 2 is 1.91 bits per heavy atom. The van der Waals surface area contributed by atoms with Crippen molar-refractivity contribution >= 4 is 5.69 Å². The van der Waals surface area contributed by atoms with E-state index in [9.17, 15) is 0 Å². The maximum Gasteiger partial charge on any atom is 0.133 e. The minimum Gasteiger partial charge on any atom is -0.305 e. The van der Waals surface area contributed by atoms with E-state index in [1.165, 1.54) is 16.2 Å². The van der Waals surface area contributed by atoms with Crippen molar-refractivity contribution in [3.8, 4) is 0 Å². The third kappa shape index (κ3) is 1.81. The van der Waals surface area contributed by atoms with Crippen LogP contribution >= 0.6 is 0 Å². The molecule has 0 aliphatic heterocycles. The van der Waals surface area contributed by atoms with Gasteiger partial charge in [0, 0.05) is 5.56 Å². The first kappa shape index (κ1) is 8.28. The van der Waals surface area contributed by atoms with Gasteiger partial charge in [0.05, 0.1) is 13.6 Å². The van der Waals surface area contributed by atoms with Gasteiger partial charge >= 0.3 is 0 Å². The molecule has 1 nitrogen and oxygen atoms in total. The van der Waals surface area contributed by atoms with E-state index in [-0.39, 0.29) is 0 Å². The van der Waals surface area contributed by atoms with Gasteiger partial charge in [0.15, 0.2) is 0 Å². The maximum absolute atomic E-state index is 2.20. The van der Waals surface area contributed by atoms with E-state index in [1.54, 1.807) is 0 Å². The standard InChI is InChI=1S/C10H15N/c1-4-11(3)10-8-6-5-7-9(10)2/h5-8H,4H2,1-3H3/p+1. The van der Waals surface area contributed by atoms with Gasteiger partial charge in [-0.25, -0.2) is 0 Å². The van der Waals surface area contributed by atoms with Crippen LogP contribution in [0.1, 0.15) is 12.5 Å². The van der Waals surface area contributed by atoms with Gasteiger partial charge in [-0.15, -0.1) is 0 Å². The van der Waals surface area contributed by atoms with Crippen LogP contribution in [0.25, 0.3) is 0 Å². The Labute approximate surface area is 68.7 Å². The largest absolute Gasteiger partial charge is 0.305 e. The fraction of sp³-hybridized carbons (Fsp3) is 0.400. The van der Waals surface area contributed by atoms with Crippen molar-refractivity contribution in [3.05, 3.63) is 29.8 Å². The van der Waals surface area contributed by atoms with E-state index in [4.69, 9.17) is 0 Å². The van der Waals surface area contributed by atoms with E-state index in [1.807, 2.05) is 0 Å². The Kier molecular flexibility index (Phi) is 2.66. The second kappa shape index (κ2) is 3.54. The molecule has 1 unspecified atom stereocenters. The van der Waals surface area contributed by atoms with Crippen LogP contribution < -0.4 is 4.90 Å². The lowest BCUT2D eigenvalue weighted by molar-refractivity contribution is -0.808. The number of hydrogen-bond acceptors (Lipinski definition) is 0. The summed E-state index contributed by atoms with van der Waals surface area (Å²) in [4.78, 5) is 1.48. The Balaban J connectivity index is 2.93. The number of quaternary nitrogens is 1. The molecule has 0 spiro atoms. The second-order valence-corrected chi connectivity index (χ2v) is 2.95. The molecule has 0 fully saturated rings. The van der Waals surface area contributed by atoms with Crippen LogP contribution in [0.15, 0.2) is 24.3 Å². The molecule has 0 radical (unpaired) electrons. The Morgan fingerprint density at radius 1 is 1.27 bits per heavy atom. The molecule has 1 aromatic rings. The highest BCUT2D eigenvalue weighted by atomic mass is 15.1. The molecule has 60 valence electrons.